The molecule has 2 aromatic carbocycles. The Bertz CT molecular complexity index is 1170. The Morgan fingerprint density at radius 1 is 1.09 bits per heavy atom. The summed E-state index contributed by atoms with van der Waals surface area (Å²) in [6, 6.07) is 15.3. The van der Waals surface area contributed by atoms with Crippen LogP contribution in [0.1, 0.15) is 24.8 Å². The summed E-state index contributed by atoms with van der Waals surface area (Å²) >= 11 is 0. The number of carboxylic acid groups (broad SMARTS) is 1. The first-order valence-electron chi connectivity index (χ1n) is 11.5. The maximum atomic E-state index is 12.6. The molecule has 1 amide bonds. The molecule has 0 bridgehead atoms. The van der Waals surface area contributed by atoms with E-state index in [0.717, 1.165) is 53.7 Å². The van der Waals surface area contributed by atoms with Gasteiger partial charge >= 0.3 is 5.63 Å². The predicted octanol–water partition coefficient (Wildman–Crippen LogP) is 4.18. The van der Waals surface area contributed by atoms with Gasteiger partial charge in [-0.15, -0.1) is 0 Å². The van der Waals surface area contributed by atoms with Gasteiger partial charge < -0.3 is 24.1 Å². The number of amides is 1. The molecule has 0 aliphatic carbocycles. The third-order valence-corrected chi connectivity index (χ3v) is 5.69. The van der Waals surface area contributed by atoms with E-state index in [1.165, 1.54) is 6.42 Å². The zero-order chi connectivity index (χ0) is 25.8. The van der Waals surface area contributed by atoms with E-state index in [9.17, 15) is 9.59 Å². The molecular weight excluding hydrogens is 448 g/mol. The predicted molar refractivity (Wildman–Crippen MR) is 138 cm³/mol. The van der Waals surface area contributed by atoms with E-state index in [1.54, 1.807) is 20.3 Å². The second kappa shape index (κ2) is 13.9. The number of carbonyl (C=O) groups is 2. The highest BCUT2D eigenvalue weighted by atomic mass is 16.4. The topological polar surface area (TPSA) is 100 Å². The Morgan fingerprint density at radius 3 is 2.34 bits per heavy atom. The van der Waals surface area contributed by atoms with E-state index in [0.29, 0.717) is 12.1 Å². The Morgan fingerprint density at radius 2 is 1.71 bits per heavy atom. The first-order valence-corrected chi connectivity index (χ1v) is 11.5. The summed E-state index contributed by atoms with van der Waals surface area (Å²) in [5.74, 6) is 0.141. The number of hydrogen-bond acceptors (Lipinski definition) is 6. The molecule has 0 unspecified atom stereocenters. The minimum atomic E-state index is -0.375. The Hall–Kier alpha value is -3.65. The van der Waals surface area contributed by atoms with Gasteiger partial charge in [0.2, 0.25) is 5.91 Å². The third kappa shape index (κ3) is 7.68. The number of aryl methyl sites for hydroxylation is 1. The molecule has 1 N–H and O–H groups in total. The van der Waals surface area contributed by atoms with Crippen molar-refractivity contribution < 1.29 is 23.8 Å². The molecule has 1 aromatic heterocycles. The van der Waals surface area contributed by atoms with Crippen LogP contribution in [-0.2, 0) is 14.3 Å². The first kappa shape index (κ1) is 27.6. The number of anilines is 1. The average molecular weight is 483 g/mol. The lowest BCUT2D eigenvalue weighted by Gasteiger charge is -2.29. The van der Waals surface area contributed by atoms with Crippen LogP contribution in [0, 0.1) is 6.92 Å². The van der Waals surface area contributed by atoms with Crippen LogP contribution in [0.3, 0.4) is 0 Å². The minimum absolute atomic E-state index is 0.141. The lowest BCUT2D eigenvalue weighted by atomic mass is 9.98. The van der Waals surface area contributed by atoms with E-state index < -0.39 is 0 Å². The van der Waals surface area contributed by atoms with Crippen molar-refractivity contribution in [3.05, 3.63) is 64.5 Å². The van der Waals surface area contributed by atoms with Crippen LogP contribution in [0.2, 0.25) is 0 Å². The molecule has 8 heteroatoms. The molecule has 1 aliphatic heterocycles. The van der Waals surface area contributed by atoms with Crippen LogP contribution in [-0.4, -0.2) is 63.3 Å². The molecule has 35 heavy (non-hydrogen) atoms. The van der Waals surface area contributed by atoms with E-state index in [4.69, 9.17) is 14.3 Å². The lowest BCUT2D eigenvalue weighted by molar-refractivity contribution is -0.130. The quantitative estimate of drug-likeness (QED) is 0.440. The minimum Gasteiger partial charge on any atom is -0.483 e. The highest BCUT2D eigenvalue weighted by molar-refractivity contribution is 5.95. The van der Waals surface area contributed by atoms with Gasteiger partial charge in [0.25, 0.3) is 6.47 Å². The van der Waals surface area contributed by atoms with Crippen molar-refractivity contribution in [1.82, 2.24) is 4.90 Å². The van der Waals surface area contributed by atoms with Gasteiger partial charge in [0.15, 0.2) is 0 Å². The Balaban J connectivity index is 0.000000655. The third-order valence-electron chi connectivity index (χ3n) is 5.69. The molecule has 1 aliphatic rings. The van der Waals surface area contributed by atoms with Crippen LogP contribution in [0.15, 0.2) is 57.7 Å². The monoisotopic (exact) mass is 482 g/mol. The standard InChI is InChI=1S/C24H26N2O3.C2H6O.CH2O2/c1-17-8-4-5-9-19(17)21-15-24(28)29-22-14-18(10-11-20(21)22)25(2)16-23(27)26-12-6-3-7-13-26;1-3-2;2-1-3/h4-5,8-11,14-15H,3,6-7,12-13,16H2,1-2H3;1-2H3;1H,(H,2,3). The Labute approximate surface area is 205 Å². The molecule has 3 aromatic rings. The van der Waals surface area contributed by atoms with Crippen molar-refractivity contribution in [1.29, 1.82) is 0 Å². The van der Waals surface area contributed by atoms with Crippen LogP contribution >= 0.6 is 0 Å². The molecule has 8 nitrogen and oxygen atoms in total. The maximum Gasteiger partial charge on any atom is 0.336 e. The van der Waals surface area contributed by atoms with Crippen LogP contribution < -0.4 is 10.5 Å². The molecule has 0 atom stereocenters. The number of fused-ring (bicyclic) bond motifs is 1. The van der Waals surface area contributed by atoms with Crippen molar-refractivity contribution in [2.75, 3.05) is 45.8 Å². The van der Waals surface area contributed by atoms with Crippen molar-refractivity contribution in [3.8, 4) is 11.1 Å². The molecule has 2 heterocycles. The number of benzene rings is 2. The van der Waals surface area contributed by atoms with E-state index in [-0.39, 0.29) is 18.0 Å². The van der Waals surface area contributed by atoms with Gasteiger partial charge in [-0.1, -0.05) is 24.3 Å². The molecule has 188 valence electrons. The zero-order valence-electron chi connectivity index (χ0n) is 20.8. The summed E-state index contributed by atoms with van der Waals surface area (Å²) in [4.78, 5) is 37.0. The molecule has 4 rings (SSSR count). The van der Waals surface area contributed by atoms with Crippen LogP contribution in [0.4, 0.5) is 5.69 Å². The summed E-state index contributed by atoms with van der Waals surface area (Å²) < 4.78 is 9.75. The van der Waals surface area contributed by atoms with Crippen molar-refractivity contribution in [3.63, 3.8) is 0 Å². The number of piperidine rings is 1. The summed E-state index contributed by atoms with van der Waals surface area (Å²) in [5.41, 5.74) is 4.01. The summed E-state index contributed by atoms with van der Waals surface area (Å²) in [6.45, 7) is 3.79. The smallest absolute Gasteiger partial charge is 0.336 e. The van der Waals surface area contributed by atoms with E-state index in [1.807, 2.05) is 66.2 Å². The largest absolute Gasteiger partial charge is 0.483 e. The van der Waals surface area contributed by atoms with E-state index in [2.05, 4.69) is 4.74 Å². The highest BCUT2D eigenvalue weighted by Crippen LogP contribution is 2.31. The molecule has 0 radical (unpaired) electrons. The summed E-state index contributed by atoms with van der Waals surface area (Å²) in [7, 11) is 5.15. The number of methoxy groups -OCH3 is 1. The lowest BCUT2D eigenvalue weighted by Crippen LogP contribution is -2.41. The molecule has 0 saturated carbocycles. The fourth-order valence-electron chi connectivity index (χ4n) is 4.02. The van der Waals surface area contributed by atoms with Gasteiger partial charge in [0.1, 0.15) is 5.58 Å². The first-order chi connectivity index (χ1) is 16.9. The fraction of sp³-hybridized carbons (Fsp3) is 0.370. The average Bonchev–Trinajstić information content (AvgIpc) is 2.85. The van der Waals surface area contributed by atoms with Gasteiger partial charge in [-0.3, -0.25) is 9.59 Å². The fourth-order valence-corrected chi connectivity index (χ4v) is 4.02. The molecular formula is C27H34N2O6. The number of likely N-dealkylation sites (tertiary alicyclic amines) is 1. The van der Waals surface area contributed by atoms with Gasteiger partial charge in [0.05, 0.1) is 6.54 Å². The normalized spacial score (nSPS) is 12.6. The van der Waals surface area contributed by atoms with Crippen molar-refractivity contribution in [2.45, 2.75) is 26.2 Å². The zero-order valence-corrected chi connectivity index (χ0v) is 20.8. The van der Waals surface area contributed by atoms with Crippen molar-refractivity contribution in [2.24, 2.45) is 0 Å². The number of rotatable bonds is 4. The maximum absolute atomic E-state index is 12.6. The summed E-state index contributed by atoms with van der Waals surface area (Å²) in [5, 5.41) is 7.78. The number of carbonyl (C=O) groups excluding carboxylic acids is 1. The number of nitrogens with zero attached hydrogens (tertiary/aromatic N) is 2. The SMILES string of the molecule is COC.Cc1ccccc1-c1cc(=O)oc2cc(N(C)CC(=O)N3CCCCC3)ccc12.O=CO. The van der Waals surface area contributed by atoms with Gasteiger partial charge in [-0.05, 0) is 49.4 Å². The van der Waals surface area contributed by atoms with Gasteiger partial charge in [-0.25, -0.2) is 4.79 Å². The number of likely N-dealkylation sites (N-methyl/N-ethyl adjacent to an activating group) is 1. The molecule has 1 saturated heterocycles. The van der Waals surface area contributed by atoms with Gasteiger partial charge in [0, 0.05) is 63.1 Å². The van der Waals surface area contributed by atoms with Gasteiger partial charge in [-0.2, -0.15) is 0 Å². The second-order valence-electron chi connectivity index (χ2n) is 8.29. The van der Waals surface area contributed by atoms with Crippen molar-refractivity contribution >= 4 is 29.0 Å². The number of ether oxygens (including phenoxy) is 1. The Kier molecular flexibility index (Phi) is 11.0. The molecule has 0 spiro atoms. The highest BCUT2D eigenvalue weighted by Gasteiger charge is 2.19. The molecule has 1 fully saturated rings. The van der Waals surface area contributed by atoms with E-state index >= 15 is 0 Å². The second-order valence-corrected chi connectivity index (χ2v) is 8.29. The summed E-state index contributed by atoms with van der Waals surface area (Å²) in [6.07, 6.45) is 3.36. The van der Waals surface area contributed by atoms with Crippen LogP contribution in [0.5, 0.6) is 0 Å². The van der Waals surface area contributed by atoms with Crippen LogP contribution in [0.25, 0.3) is 22.1 Å². The number of hydrogen-bond donors (Lipinski definition) is 1.